The first kappa shape index (κ1) is 10.7. The van der Waals surface area contributed by atoms with E-state index in [1.54, 1.807) is 6.92 Å². The van der Waals surface area contributed by atoms with Gasteiger partial charge in [-0.2, -0.15) is 0 Å². The summed E-state index contributed by atoms with van der Waals surface area (Å²) in [6.45, 7) is 2.09. The number of carbonyl (C=O) groups excluding carboxylic acids is 2. The van der Waals surface area contributed by atoms with Crippen LogP contribution in [-0.2, 0) is 20.7 Å². The van der Waals surface area contributed by atoms with Gasteiger partial charge in [-0.25, -0.2) is 4.79 Å². The lowest BCUT2D eigenvalue weighted by molar-refractivity contribution is -0.145. The number of ether oxygens (including phenoxy) is 1. The van der Waals surface area contributed by atoms with Gasteiger partial charge < -0.3 is 9.64 Å². The second-order valence-corrected chi connectivity index (χ2v) is 3.61. The number of carbonyl (C=O) groups is 2. The summed E-state index contributed by atoms with van der Waals surface area (Å²) in [4.78, 5) is 24.1. The summed E-state index contributed by atoms with van der Waals surface area (Å²) in [7, 11) is 0. The van der Waals surface area contributed by atoms with Gasteiger partial charge in [0.05, 0.1) is 6.61 Å². The molecule has 16 heavy (non-hydrogen) atoms. The molecule has 4 nitrogen and oxygen atoms in total. The normalized spacial score (nSPS) is 18.1. The number of hydrogen-bond acceptors (Lipinski definition) is 3. The summed E-state index contributed by atoms with van der Waals surface area (Å²) >= 11 is 0. The van der Waals surface area contributed by atoms with Crippen molar-refractivity contribution in [2.45, 2.75) is 19.4 Å². The molecule has 0 saturated carbocycles. The standard InChI is InChI=1S/C12H13NO3/c1-2-16-12(15)11-7-9-5-3-4-6-10(9)13(11)8-14/h3-6,8,11H,2,7H2,1H3. The van der Waals surface area contributed by atoms with E-state index in [0.717, 1.165) is 11.3 Å². The quantitative estimate of drug-likeness (QED) is 0.565. The summed E-state index contributed by atoms with van der Waals surface area (Å²) in [5.74, 6) is -0.342. The molecule has 1 heterocycles. The number of esters is 1. The van der Waals surface area contributed by atoms with Crippen molar-refractivity contribution in [2.75, 3.05) is 11.5 Å². The van der Waals surface area contributed by atoms with Crippen LogP contribution in [0.25, 0.3) is 0 Å². The Morgan fingerprint density at radius 3 is 3.00 bits per heavy atom. The van der Waals surface area contributed by atoms with Crippen LogP contribution in [0.4, 0.5) is 5.69 Å². The molecule has 0 saturated heterocycles. The fraction of sp³-hybridized carbons (Fsp3) is 0.333. The van der Waals surface area contributed by atoms with Crippen molar-refractivity contribution >= 4 is 18.1 Å². The number of para-hydroxylation sites is 1. The number of benzene rings is 1. The Hall–Kier alpha value is -1.84. The summed E-state index contributed by atoms with van der Waals surface area (Å²) < 4.78 is 4.95. The van der Waals surface area contributed by atoms with Crippen LogP contribution < -0.4 is 4.90 Å². The van der Waals surface area contributed by atoms with E-state index in [1.807, 2.05) is 24.3 Å². The van der Waals surface area contributed by atoms with Gasteiger partial charge in [0.1, 0.15) is 6.04 Å². The molecule has 1 atom stereocenters. The molecule has 1 unspecified atom stereocenters. The second kappa shape index (κ2) is 4.35. The van der Waals surface area contributed by atoms with Crippen LogP contribution in [0.3, 0.4) is 0 Å². The van der Waals surface area contributed by atoms with Crippen molar-refractivity contribution in [2.24, 2.45) is 0 Å². The highest BCUT2D eigenvalue weighted by Crippen LogP contribution is 2.31. The molecule has 1 aliphatic heterocycles. The number of nitrogens with zero attached hydrogens (tertiary/aromatic N) is 1. The molecule has 1 aromatic carbocycles. The molecule has 0 fully saturated rings. The molecule has 2 rings (SSSR count). The average molecular weight is 219 g/mol. The number of rotatable bonds is 3. The topological polar surface area (TPSA) is 46.6 Å². The van der Waals surface area contributed by atoms with Gasteiger partial charge in [-0.3, -0.25) is 4.79 Å². The van der Waals surface area contributed by atoms with E-state index in [1.165, 1.54) is 4.90 Å². The predicted molar refractivity (Wildman–Crippen MR) is 59.1 cm³/mol. The van der Waals surface area contributed by atoms with Gasteiger partial charge in [0, 0.05) is 12.1 Å². The fourth-order valence-corrected chi connectivity index (χ4v) is 1.98. The van der Waals surface area contributed by atoms with Crippen molar-refractivity contribution in [3.63, 3.8) is 0 Å². The summed E-state index contributed by atoms with van der Waals surface area (Å²) in [6, 6.07) is 7.00. The van der Waals surface area contributed by atoms with E-state index in [9.17, 15) is 9.59 Å². The number of amides is 1. The van der Waals surface area contributed by atoms with Crippen LogP contribution in [0.5, 0.6) is 0 Å². The smallest absolute Gasteiger partial charge is 0.329 e. The highest BCUT2D eigenvalue weighted by Gasteiger charge is 2.34. The number of anilines is 1. The van der Waals surface area contributed by atoms with E-state index in [2.05, 4.69) is 0 Å². The van der Waals surface area contributed by atoms with Crippen molar-refractivity contribution in [3.05, 3.63) is 29.8 Å². The third kappa shape index (κ3) is 1.66. The molecule has 4 heteroatoms. The largest absolute Gasteiger partial charge is 0.464 e. The Morgan fingerprint density at radius 1 is 1.56 bits per heavy atom. The number of fused-ring (bicyclic) bond motifs is 1. The Kier molecular flexibility index (Phi) is 2.90. The minimum absolute atomic E-state index is 0.332. The minimum atomic E-state index is -0.505. The van der Waals surface area contributed by atoms with E-state index >= 15 is 0 Å². The van der Waals surface area contributed by atoms with E-state index in [4.69, 9.17) is 4.74 Å². The molecule has 1 amide bonds. The van der Waals surface area contributed by atoms with Gasteiger partial charge in [0.25, 0.3) is 0 Å². The molecule has 0 N–H and O–H groups in total. The van der Waals surface area contributed by atoms with Gasteiger partial charge in [-0.1, -0.05) is 18.2 Å². The van der Waals surface area contributed by atoms with Crippen LogP contribution in [0, 0.1) is 0 Å². The second-order valence-electron chi connectivity index (χ2n) is 3.61. The molecule has 1 aliphatic rings. The third-order valence-corrected chi connectivity index (χ3v) is 2.69. The zero-order valence-electron chi connectivity index (χ0n) is 9.05. The lowest BCUT2D eigenvalue weighted by Crippen LogP contribution is -2.38. The highest BCUT2D eigenvalue weighted by molar-refractivity contribution is 5.93. The summed E-state index contributed by atoms with van der Waals surface area (Å²) in [5, 5.41) is 0. The first-order valence-corrected chi connectivity index (χ1v) is 5.26. The maximum Gasteiger partial charge on any atom is 0.329 e. The molecule has 1 aromatic rings. The van der Waals surface area contributed by atoms with Crippen molar-refractivity contribution in [1.82, 2.24) is 0 Å². The van der Waals surface area contributed by atoms with Crippen LogP contribution in [0.1, 0.15) is 12.5 Å². The molecule has 0 aliphatic carbocycles. The maximum atomic E-state index is 11.7. The van der Waals surface area contributed by atoms with Crippen LogP contribution in [0.15, 0.2) is 24.3 Å². The SMILES string of the molecule is CCOC(=O)C1Cc2ccccc2N1C=O. The third-order valence-electron chi connectivity index (χ3n) is 2.69. The fourth-order valence-electron chi connectivity index (χ4n) is 1.98. The first-order chi connectivity index (χ1) is 7.77. The van der Waals surface area contributed by atoms with Gasteiger partial charge in [-0.15, -0.1) is 0 Å². The molecular weight excluding hydrogens is 206 g/mol. The Morgan fingerprint density at radius 2 is 2.31 bits per heavy atom. The van der Waals surface area contributed by atoms with Gasteiger partial charge >= 0.3 is 5.97 Å². The molecule has 0 bridgehead atoms. The minimum Gasteiger partial charge on any atom is -0.464 e. The van der Waals surface area contributed by atoms with E-state index in [-0.39, 0.29) is 5.97 Å². The maximum absolute atomic E-state index is 11.7. The molecule has 0 spiro atoms. The average Bonchev–Trinajstić information content (AvgIpc) is 2.67. The van der Waals surface area contributed by atoms with Gasteiger partial charge in [-0.05, 0) is 18.6 Å². The van der Waals surface area contributed by atoms with Crippen LogP contribution in [-0.4, -0.2) is 25.0 Å². The van der Waals surface area contributed by atoms with Crippen LogP contribution >= 0.6 is 0 Å². The molecule has 0 aromatic heterocycles. The molecule has 84 valence electrons. The zero-order valence-corrected chi connectivity index (χ0v) is 9.05. The van der Waals surface area contributed by atoms with Crippen molar-refractivity contribution < 1.29 is 14.3 Å². The van der Waals surface area contributed by atoms with Gasteiger partial charge in [0.15, 0.2) is 0 Å². The Balaban J connectivity index is 2.27. The lowest BCUT2D eigenvalue weighted by atomic mass is 10.1. The predicted octanol–water partition coefficient (Wildman–Crippen LogP) is 1.14. The van der Waals surface area contributed by atoms with Crippen molar-refractivity contribution in [1.29, 1.82) is 0 Å². The summed E-state index contributed by atoms with van der Waals surface area (Å²) in [5.41, 5.74) is 1.81. The molecule has 0 radical (unpaired) electrons. The number of hydrogen-bond donors (Lipinski definition) is 0. The van der Waals surface area contributed by atoms with Gasteiger partial charge in [0.2, 0.25) is 6.41 Å². The van der Waals surface area contributed by atoms with Crippen LogP contribution in [0.2, 0.25) is 0 Å². The zero-order chi connectivity index (χ0) is 11.5. The van der Waals surface area contributed by atoms with E-state index < -0.39 is 6.04 Å². The highest BCUT2D eigenvalue weighted by atomic mass is 16.5. The first-order valence-electron chi connectivity index (χ1n) is 5.26. The summed E-state index contributed by atoms with van der Waals surface area (Å²) in [6.07, 6.45) is 1.22. The monoisotopic (exact) mass is 219 g/mol. The van der Waals surface area contributed by atoms with Crippen molar-refractivity contribution in [3.8, 4) is 0 Å². The Labute approximate surface area is 93.8 Å². The molecular formula is C12H13NO3. The van der Waals surface area contributed by atoms with E-state index in [0.29, 0.717) is 19.4 Å². The lowest BCUT2D eigenvalue weighted by Gasteiger charge is -2.18. The Bertz CT molecular complexity index is 416.